The maximum absolute atomic E-state index is 11.5. The van der Waals surface area contributed by atoms with Crippen LogP contribution in [-0.4, -0.2) is 17.3 Å². The second kappa shape index (κ2) is 2.91. The van der Waals surface area contributed by atoms with Crippen molar-refractivity contribution in [2.45, 2.75) is 19.8 Å². The first kappa shape index (κ1) is 8.35. The summed E-state index contributed by atoms with van der Waals surface area (Å²) in [5.74, 6) is -0.267. The summed E-state index contributed by atoms with van der Waals surface area (Å²) in [4.78, 5) is 27.0. The predicted octanol–water partition coefficient (Wildman–Crippen LogP) is 1.14. The van der Waals surface area contributed by atoms with E-state index in [0.29, 0.717) is 12.3 Å². The number of fused-ring (bicyclic) bond motifs is 1. The molecule has 1 aliphatic heterocycles. The first-order valence-electron chi connectivity index (χ1n) is 4.48. The molecule has 13 heavy (non-hydrogen) atoms. The third-order valence-corrected chi connectivity index (χ3v) is 2.53. The Balaban J connectivity index is 2.34. The normalized spacial score (nSPS) is 32.8. The fraction of sp³-hybridized carbons (Fsp3) is 0.500. The minimum atomic E-state index is -0.541. The van der Waals surface area contributed by atoms with Crippen LogP contribution in [0.25, 0.3) is 0 Å². The average molecular weight is 177 g/mol. The van der Waals surface area contributed by atoms with Crippen molar-refractivity contribution >= 4 is 17.3 Å². The molecule has 1 fully saturated rings. The first-order valence-corrected chi connectivity index (χ1v) is 4.48. The summed E-state index contributed by atoms with van der Waals surface area (Å²) in [6.07, 6.45) is 4.19. The molecule has 1 aliphatic carbocycles. The number of rotatable bonds is 0. The van der Waals surface area contributed by atoms with Gasteiger partial charge in [0.25, 0.3) is 0 Å². The van der Waals surface area contributed by atoms with Gasteiger partial charge in [-0.1, -0.05) is 6.92 Å². The molecular formula is C10H11NO2. The number of aliphatic imine (C=N–C) groups is 1. The van der Waals surface area contributed by atoms with Crippen LogP contribution < -0.4 is 0 Å². The summed E-state index contributed by atoms with van der Waals surface area (Å²) in [7, 11) is 0. The number of allylic oxidation sites excluding steroid dienone is 1. The Hall–Kier alpha value is -1.25. The monoisotopic (exact) mass is 177 g/mol. The van der Waals surface area contributed by atoms with Crippen LogP contribution in [0, 0.1) is 11.8 Å². The Labute approximate surface area is 76.5 Å². The molecule has 0 N–H and O–H groups in total. The van der Waals surface area contributed by atoms with Crippen molar-refractivity contribution in [1.82, 2.24) is 0 Å². The number of ketones is 2. The molecule has 1 saturated carbocycles. The minimum absolute atomic E-state index is 0.0341. The van der Waals surface area contributed by atoms with E-state index in [1.807, 2.05) is 6.92 Å². The summed E-state index contributed by atoms with van der Waals surface area (Å²) < 4.78 is 0. The summed E-state index contributed by atoms with van der Waals surface area (Å²) in [5.41, 5.74) is 0.760. The van der Waals surface area contributed by atoms with Gasteiger partial charge in [-0.25, -0.2) is 0 Å². The molecule has 1 heterocycles. The lowest BCUT2D eigenvalue weighted by Gasteiger charge is -2.26. The van der Waals surface area contributed by atoms with Gasteiger partial charge in [0.2, 0.25) is 0 Å². The van der Waals surface area contributed by atoms with E-state index in [-0.39, 0.29) is 11.6 Å². The summed E-state index contributed by atoms with van der Waals surface area (Å²) >= 11 is 0. The van der Waals surface area contributed by atoms with Crippen molar-refractivity contribution < 1.29 is 9.59 Å². The average Bonchev–Trinajstić information content (AvgIpc) is 2.02. The van der Waals surface area contributed by atoms with Crippen LogP contribution in [0.1, 0.15) is 19.8 Å². The highest BCUT2D eigenvalue weighted by Gasteiger charge is 2.36. The van der Waals surface area contributed by atoms with Crippen molar-refractivity contribution in [2.75, 3.05) is 0 Å². The Bertz CT molecular complexity index is 328. The van der Waals surface area contributed by atoms with Crippen molar-refractivity contribution in [2.24, 2.45) is 16.8 Å². The largest absolute Gasteiger partial charge is 0.298 e. The van der Waals surface area contributed by atoms with E-state index >= 15 is 0 Å². The molecule has 68 valence electrons. The molecule has 0 aromatic carbocycles. The van der Waals surface area contributed by atoms with Gasteiger partial charge in [-0.05, 0) is 12.3 Å². The molecule has 2 atom stereocenters. The number of nitrogens with zero attached hydrogens (tertiary/aromatic N) is 1. The molecule has 0 spiro atoms. The van der Waals surface area contributed by atoms with Gasteiger partial charge in [0.1, 0.15) is 11.7 Å². The van der Waals surface area contributed by atoms with Crippen LogP contribution in [0.5, 0.6) is 0 Å². The second-order valence-corrected chi connectivity index (χ2v) is 3.75. The van der Waals surface area contributed by atoms with Gasteiger partial charge >= 0.3 is 0 Å². The van der Waals surface area contributed by atoms with Crippen molar-refractivity contribution in [3.8, 4) is 0 Å². The van der Waals surface area contributed by atoms with Crippen molar-refractivity contribution in [1.29, 1.82) is 0 Å². The number of carbonyl (C=O) groups is 2. The number of Topliss-reactive ketones (excluding diaryl/α,β-unsaturated/α-hetero) is 1. The lowest BCUT2D eigenvalue weighted by molar-refractivity contribution is -0.128. The highest BCUT2D eigenvalue weighted by Crippen LogP contribution is 2.26. The van der Waals surface area contributed by atoms with Crippen LogP contribution in [0.3, 0.4) is 0 Å². The summed E-state index contributed by atoms with van der Waals surface area (Å²) in [5, 5.41) is 0. The van der Waals surface area contributed by atoms with Gasteiger partial charge in [0.15, 0.2) is 5.78 Å². The first-order chi connectivity index (χ1) is 6.18. The molecule has 0 radical (unpaired) electrons. The molecule has 2 unspecified atom stereocenters. The zero-order chi connectivity index (χ0) is 9.42. The lowest BCUT2D eigenvalue weighted by Crippen LogP contribution is -2.38. The molecule has 0 aromatic rings. The highest BCUT2D eigenvalue weighted by molar-refractivity contribution is 6.26. The van der Waals surface area contributed by atoms with Crippen LogP contribution in [0.2, 0.25) is 0 Å². The molecule has 3 nitrogen and oxygen atoms in total. The van der Waals surface area contributed by atoms with Gasteiger partial charge in [-0.15, -0.1) is 0 Å². The van der Waals surface area contributed by atoms with Crippen molar-refractivity contribution in [3.63, 3.8) is 0 Å². The van der Waals surface area contributed by atoms with E-state index in [4.69, 9.17) is 0 Å². The minimum Gasteiger partial charge on any atom is -0.298 e. The van der Waals surface area contributed by atoms with E-state index in [1.165, 1.54) is 12.3 Å². The Kier molecular flexibility index (Phi) is 1.87. The van der Waals surface area contributed by atoms with Gasteiger partial charge < -0.3 is 0 Å². The van der Waals surface area contributed by atoms with Gasteiger partial charge in [0, 0.05) is 24.4 Å². The molecule has 0 saturated heterocycles. The quantitative estimate of drug-likeness (QED) is 0.521. The highest BCUT2D eigenvalue weighted by atomic mass is 16.1. The molecule has 3 heteroatoms. The Morgan fingerprint density at radius 2 is 2.15 bits per heavy atom. The topological polar surface area (TPSA) is 46.5 Å². The molecule has 0 amide bonds. The van der Waals surface area contributed by atoms with Crippen LogP contribution in [0.15, 0.2) is 17.3 Å². The van der Waals surface area contributed by atoms with Crippen LogP contribution in [-0.2, 0) is 9.59 Å². The SMILES string of the molecule is CC1CC(=O)C2C(=O)C=CN=C2C1. The third-order valence-electron chi connectivity index (χ3n) is 2.53. The third kappa shape index (κ3) is 1.34. The standard InChI is InChI=1S/C10H11NO2/c1-6-4-7-10(9(13)5-6)8(12)2-3-11-7/h2-3,6,10H,4-5H2,1H3. The number of hydrogen-bond donors (Lipinski definition) is 0. The summed E-state index contributed by atoms with van der Waals surface area (Å²) in [6, 6.07) is 0. The summed E-state index contributed by atoms with van der Waals surface area (Å²) in [6.45, 7) is 2.01. The van der Waals surface area contributed by atoms with Crippen LogP contribution >= 0.6 is 0 Å². The molecular weight excluding hydrogens is 166 g/mol. The van der Waals surface area contributed by atoms with Gasteiger partial charge in [-0.3, -0.25) is 14.6 Å². The van der Waals surface area contributed by atoms with Crippen LogP contribution in [0.4, 0.5) is 0 Å². The number of hydrogen-bond acceptors (Lipinski definition) is 3. The number of carbonyl (C=O) groups excluding carboxylic acids is 2. The fourth-order valence-corrected chi connectivity index (χ4v) is 1.95. The molecule has 2 aliphatic rings. The predicted molar refractivity (Wildman–Crippen MR) is 48.5 cm³/mol. The molecule has 0 aromatic heterocycles. The fourth-order valence-electron chi connectivity index (χ4n) is 1.95. The van der Waals surface area contributed by atoms with Crippen molar-refractivity contribution in [3.05, 3.63) is 12.3 Å². The maximum atomic E-state index is 11.5. The van der Waals surface area contributed by atoms with E-state index in [9.17, 15) is 9.59 Å². The zero-order valence-electron chi connectivity index (χ0n) is 7.49. The van der Waals surface area contributed by atoms with E-state index in [1.54, 1.807) is 0 Å². The second-order valence-electron chi connectivity index (χ2n) is 3.75. The Morgan fingerprint density at radius 3 is 2.92 bits per heavy atom. The smallest absolute Gasteiger partial charge is 0.173 e. The Morgan fingerprint density at radius 1 is 1.38 bits per heavy atom. The van der Waals surface area contributed by atoms with Gasteiger partial charge in [0.05, 0.1) is 0 Å². The van der Waals surface area contributed by atoms with E-state index in [0.717, 1.165) is 12.1 Å². The lowest BCUT2D eigenvalue weighted by atomic mass is 9.77. The van der Waals surface area contributed by atoms with E-state index < -0.39 is 5.92 Å². The van der Waals surface area contributed by atoms with E-state index in [2.05, 4.69) is 4.99 Å². The maximum Gasteiger partial charge on any atom is 0.173 e. The zero-order valence-corrected chi connectivity index (χ0v) is 7.49. The molecule has 2 rings (SSSR count). The van der Waals surface area contributed by atoms with Gasteiger partial charge in [-0.2, -0.15) is 0 Å². The molecule has 0 bridgehead atoms.